The fraction of sp³-hybridized carbons (Fsp3) is 0.700. The highest BCUT2D eigenvalue weighted by Gasteiger charge is 2.53. The molecule has 0 atom stereocenters. The first kappa shape index (κ1) is 19.3. The van der Waals surface area contributed by atoms with Gasteiger partial charge in [-0.2, -0.15) is 17.6 Å². The van der Waals surface area contributed by atoms with Crippen LogP contribution in [0.3, 0.4) is 0 Å². The lowest BCUT2D eigenvalue weighted by Gasteiger charge is -2.29. The van der Waals surface area contributed by atoms with E-state index in [0.29, 0.717) is 5.92 Å². The molecule has 2 rings (SSSR count). The Balaban J connectivity index is 1.93. The van der Waals surface area contributed by atoms with E-state index in [0.717, 1.165) is 24.3 Å². The van der Waals surface area contributed by atoms with Gasteiger partial charge in [0, 0.05) is 12.5 Å². The maximum Gasteiger partial charge on any atom is 0.335 e. The van der Waals surface area contributed by atoms with Gasteiger partial charge in [-0.1, -0.05) is 56.9 Å². The second-order valence-corrected chi connectivity index (χ2v) is 7.30. The summed E-state index contributed by atoms with van der Waals surface area (Å²) in [5, 5.41) is 0. The van der Waals surface area contributed by atoms with Crippen molar-refractivity contribution in [1.29, 1.82) is 0 Å². The molecule has 1 fully saturated rings. The zero-order valence-electron chi connectivity index (χ0n) is 14.6. The van der Waals surface area contributed by atoms with Crippen molar-refractivity contribution in [2.45, 2.75) is 83.0 Å². The average molecular weight is 344 g/mol. The predicted molar refractivity (Wildman–Crippen MR) is 89.8 cm³/mol. The summed E-state index contributed by atoms with van der Waals surface area (Å²) < 4.78 is 53.5. The van der Waals surface area contributed by atoms with Crippen molar-refractivity contribution in [2.24, 2.45) is 5.92 Å². The molecule has 1 aliphatic rings. The van der Waals surface area contributed by atoms with E-state index in [1.165, 1.54) is 50.7 Å². The quantitative estimate of drug-likeness (QED) is 0.360. The second-order valence-electron chi connectivity index (χ2n) is 7.30. The summed E-state index contributed by atoms with van der Waals surface area (Å²) >= 11 is 0. The standard InChI is InChI=1S/C20H28F4/c1-3-4-5-6-15-7-9-16(10-8-15)17-11-13-18(14-12-17)20(23,24)19(2,21)22/h11-16H,3-10H2,1-2H3/t15-,16-. The first-order chi connectivity index (χ1) is 11.3. The normalized spacial score (nSPS) is 22.6. The molecule has 24 heavy (non-hydrogen) atoms. The van der Waals surface area contributed by atoms with Gasteiger partial charge in [-0.05, 0) is 43.1 Å². The van der Waals surface area contributed by atoms with Crippen LogP contribution in [-0.4, -0.2) is 5.92 Å². The van der Waals surface area contributed by atoms with Gasteiger partial charge < -0.3 is 0 Å². The van der Waals surface area contributed by atoms with Gasteiger partial charge in [0.25, 0.3) is 0 Å². The molecule has 0 saturated heterocycles. The van der Waals surface area contributed by atoms with Gasteiger partial charge in [0.2, 0.25) is 0 Å². The highest BCUT2D eigenvalue weighted by molar-refractivity contribution is 5.29. The van der Waals surface area contributed by atoms with Gasteiger partial charge >= 0.3 is 11.8 Å². The summed E-state index contributed by atoms with van der Waals surface area (Å²) in [5.74, 6) is -7.01. The number of benzene rings is 1. The molecule has 0 unspecified atom stereocenters. The Morgan fingerprint density at radius 2 is 1.50 bits per heavy atom. The molecule has 0 spiro atoms. The first-order valence-corrected chi connectivity index (χ1v) is 9.11. The van der Waals surface area contributed by atoms with Gasteiger partial charge in [-0.25, -0.2) is 0 Å². The fourth-order valence-corrected chi connectivity index (χ4v) is 3.69. The SMILES string of the molecule is CCCCC[C@H]1CC[C@H](c2ccc(C(F)(F)C(C)(F)F)cc2)CC1. The molecule has 136 valence electrons. The van der Waals surface area contributed by atoms with Crippen molar-refractivity contribution in [3.63, 3.8) is 0 Å². The number of rotatable bonds is 7. The van der Waals surface area contributed by atoms with Crippen LogP contribution in [0, 0.1) is 5.92 Å². The third kappa shape index (κ3) is 4.52. The van der Waals surface area contributed by atoms with E-state index in [4.69, 9.17) is 0 Å². The van der Waals surface area contributed by atoms with Crippen LogP contribution in [0.1, 0.15) is 82.3 Å². The van der Waals surface area contributed by atoms with E-state index in [2.05, 4.69) is 6.92 Å². The zero-order chi connectivity index (χ0) is 17.8. The lowest BCUT2D eigenvalue weighted by molar-refractivity contribution is -0.204. The second kappa shape index (κ2) is 7.88. The summed E-state index contributed by atoms with van der Waals surface area (Å²) in [6.45, 7) is 2.47. The van der Waals surface area contributed by atoms with Crippen molar-refractivity contribution in [3.8, 4) is 0 Å². The van der Waals surface area contributed by atoms with Gasteiger partial charge in [0.1, 0.15) is 0 Å². The van der Waals surface area contributed by atoms with Crippen LogP contribution in [0.4, 0.5) is 17.6 Å². The van der Waals surface area contributed by atoms with Crippen LogP contribution >= 0.6 is 0 Å². The monoisotopic (exact) mass is 344 g/mol. The van der Waals surface area contributed by atoms with Crippen LogP contribution < -0.4 is 0 Å². The molecule has 0 N–H and O–H groups in total. The lowest BCUT2D eigenvalue weighted by Crippen LogP contribution is -2.34. The van der Waals surface area contributed by atoms with E-state index in [9.17, 15) is 17.6 Å². The Morgan fingerprint density at radius 1 is 0.917 bits per heavy atom. The fourth-order valence-electron chi connectivity index (χ4n) is 3.69. The highest BCUT2D eigenvalue weighted by atomic mass is 19.3. The topological polar surface area (TPSA) is 0 Å². The number of unbranched alkanes of at least 4 members (excludes halogenated alkanes) is 2. The molecule has 1 aromatic rings. The molecule has 0 aliphatic heterocycles. The third-order valence-corrected chi connectivity index (χ3v) is 5.36. The first-order valence-electron chi connectivity index (χ1n) is 9.11. The Bertz CT molecular complexity index is 493. The number of hydrogen-bond acceptors (Lipinski definition) is 0. The predicted octanol–water partition coefficient (Wildman–Crippen LogP) is 7.29. The summed E-state index contributed by atoms with van der Waals surface area (Å²) in [5.41, 5.74) is 0.396. The van der Waals surface area contributed by atoms with Crippen molar-refractivity contribution < 1.29 is 17.6 Å². The van der Waals surface area contributed by atoms with Gasteiger partial charge in [-0.15, -0.1) is 0 Å². The summed E-state index contributed by atoms with van der Waals surface area (Å²) in [4.78, 5) is 0. The minimum absolute atomic E-state index is 0.265. The van der Waals surface area contributed by atoms with E-state index >= 15 is 0 Å². The van der Waals surface area contributed by atoms with Crippen LogP contribution in [0.5, 0.6) is 0 Å². The molecule has 1 aliphatic carbocycles. The van der Waals surface area contributed by atoms with Crippen molar-refractivity contribution >= 4 is 0 Å². The van der Waals surface area contributed by atoms with Crippen molar-refractivity contribution in [3.05, 3.63) is 35.4 Å². The van der Waals surface area contributed by atoms with E-state index in [1.54, 1.807) is 12.1 Å². The average Bonchev–Trinajstić information content (AvgIpc) is 2.55. The molecule has 0 amide bonds. The van der Waals surface area contributed by atoms with Crippen LogP contribution in [0.2, 0.25) is 0 Å². The molecule has 1 saturated carbocycles. The minimum atomic E-state index is -4.12. The maximum absolute atomic E-state index is 13.7. The molecule has 0 nitrogen and oxygen atoms in total. The molecule has 0 heterocycles. The molecular weight excluding hydrogens is 316 g/mol. The van der Waals surface area contributed by atoms with Crippen LogP contribution in [0.15, 0.2) is 24.3 Å². The van der Waals surface area contributed by atoms with Gasteiger partial charge in [0.05, 0.1) is 0 Å². The molecule has 0 bridgehead atoms. The van der Waals surface area contributed by atoms with E-state index < -0.39 is 17.4 Å². The molecule has 0 aromatic heterocycles. The summed E-state index contributed by atoms with van der Waals surface area (Å²) in [6.07, 6.45) is 9.60. The highest BCUT2D eigenvalue weighted by Crippen LogP contribution is 2.43. The van der Waals surface area contributed by atoms with Gasteiger partial charge in [-0.3, -0.25) is 0 Å². The lowest BCUT2D eigenvalue weighted by atomic mass is 9.77. The number of alkyl halides is 4. The van der Waals surface area contributed by atoms with E-state index in [-0.39, 0.29) is 6.92 Å². The van der Waals surface area contributed by atoms with E-state index in [1.807, 2.05) is 0 Å². The molecule has 0 radical (unpaired) electrons. The third-order valence-electron chi connectivity index (χ3n) is 5.36. The van der Waals surface area contributed by atoms with Crippen LogP contribution in [-0.2, 0) is 5.92 Å². The largest absolute Gasteiger partial charge is 0.335 e. The number of hydrogen-bond donors (Lipinski definition) is 0. The Hall–Kier alpha value is -1.06. The Labute approximate surface area is 142 Å². The molecular formula is C20H28F4. The molecule has 4 heteroatoms. The Kier molecular flexibility index (Phi) is 6.33. The summed E-state index contributed by atoms with van der Waals surface area (Å²) in [7, 11) is 0. The zero-order valence-corrected chi connectivity index (χ0v) is 14.6. The maximum atomic E-state index is 13.7. The van der Waals surface area contributed by atoms with Gasteiger partial charge in [0.15, 0.2) is 0 Å². The van der Waals surface area contributed by atoms with Crippen molar-refractivity contribution in [2.75, 3.05) is 0 Å². The Morgan fingerprint density at radius 3 is 2.00 bits per heavy atom. The number of halogens is 4. The van der Waals surface area contributed by atoms with Crippen LogP contribution in [0.25, 0.3) is 0 Å². The smallest absolute Gasteiger partial charge is 0.200 e. The summed E-state index contributed by atoms with van der Waals surface area (Å²) in [6, 6.07) is 5.55. The molecule has 1 aromatic carbocycles. The minimum Gasteiger partial charge on any atom is -0.200 e. The van der Waals surface area contributed by atoms with Crippen molar-refractivity contribution in [1.82, 2.24) is 0 Å².